The number of methoxy groups -OCH3 is 1. The molecule has 0 saturated heterocycles. The summed E-state index contributed by atoms with van der Waals surface area (Å²) in [4.78, 5) is 17.3. The van der Waals surface area contributed by atoms with Crippen molar-refractivity contribution in [3.05, 3.63) is 41.8 Å². The van der Waals surface area contributed by atoms with E-state index < -0.39 is 5.82 Å². The van der Waals surface area contributed by atoms with Gasteiger partial charge in [-0.25, -0.2) is 14.4 Å². The van der Waals surface area contributed by atoms with Gasteiger partial charge < -0.3 is 14.0 Å². The molecule has 0 radical (unpaired) electrons. The minimum absolute atomic E-state index is 0.0332. The fraction of sp³-hybridized carbons (Fsp3) is 0.478. The summed E-state index contributed by atoms with van der Waals surface area (Å²) in [5, 5.41) is 8.61. The van der Waals surface area contributed by atoms with E-state index in [1.807, 2.05) is 13.8 Å². The predicted octanol–water partition coefficient (Wildman–Crippen LogP) is 4.25. The number of hydrogen-bond acceptors (Lipinski definition) is 9. The summed E-state index contributed by atoms with van der Waals surface area (Å²) in [6.45, 7) is 5.88. The summed E-state index contributed by atoms with van der Waals surface area (Å²) in [7, 11) is 1.44. The molecule has 0 amide bonds. The lowest BCUT2D eigenvalue weighted by Crippen LogP contribution is -2.25. The molecule has 1 fully saturated rings. The van der Waals surface area contributed by atoms with Gasteiger partial charge in [0, 0.05) is 29.7 Å². The summed E-state index contributed by atoms with van der Waals surface area (Å²) >= 11 is 0. The average molecular weight is 468 g/mol. The van der Waals surface area contributed by atoms with E-state index in [9.17, 15) is 4.39 Å². The number of rotatable bonds is 6. The standard InChI is InChI=1S/C23H26FN7O3/c1-12(2)20-28-22(34-30-20)14-5-7-15(8-6-14)33-23-27-11-26-21-19(13(3)29-31(21)23)16-10-25-18(32-4)9-17(16)24/h9-12,14-15H,5-8H2,1-4H3. The normalized spacial score (nSPS) is 18.5. The molecule has 11 heteroatoms. The van der Waals surface area contributed by atoms with E-state index in [-0.39, 0.29) is 23.8 Å². The Morgan fingerprint density at radius 1 is 1.15 bits per heavy atom. The van der Waals surface area contributed by atoms with Gasteiger partial charge in [0.25, 0.3) is 0 Å². The number of hydrogen-bond donors (Lipinski definition) is 0. The molecule has 0 N–H and O–H groups in total. The van der Waals surface area contributed by atoms with Gasteiger partial charge in [0.05, 0.1) is 18.4 Å². The molecule has 10 nitrogen and oxygen atoms in total. The van der Waals surface area contributed by atoms with Crippen LogP contribution >= 0.6 is 0 Å². The minimum atomic E-state index is -0.467. The number of aryl methyl sites for hydroxylation is 1. The molecule has 0 unspecified atom stereocenters. The molecule has 4 heterocycles. The van der Waals surface area contributed by atoms with Gasteiger partial charge in [-0.2, -0.15) is 19.6 Å². The van der Waals surface area contributed by atoms with E-state index in [2.05, 4.69) is 30.2 Å². The van der Waals surface area contributed by atoms with Crippen LogP contribution in [0.5, 0.6) is 11.9 Å². The minimum Gasteiger partial charge on any atom is -0.481 e. The molecule has 0 spiro atoms. The van der Waals surface area contributed by atoms with Gasteiger partial charge in [-0.15, -0.1) is 0 Å². The molecule has 34 heavy (non-hydrogen) atoms. The Morgan fingerprint density at radius 2 is 1.94 bits per heavy atom. The highest BCUT2D eigenvalue weighted by Gasteiger charge is 2.29. The number of pyridine rings is 1. The van der Waals surface area contributed by atoms with E-state index in [1.54, 1.807) is 6.92 Å². The Kier molecular flexibility index (Phi) is 5.84. The molecule has 0 aliphatic heterocycles. The first-order valence-corrected chi connectivity index (χ1v) is 11.3. The topological polar surface area (TPSA) is 113 Å². The molecule has 178 valence electrons. The van der Waals surface area contributed by atoms with Gasteiger partial charge in [0.15, 0.2) is 11.5 Å². The number of aromatic nitrogens is 7. The zero-order valence-corrected chi connectivity index (χ0v) is 19.5. The Morgan fingerprint density at radius 3 is 2.62 bits per heavy atom. The Labute approximate surface area is 195 Å². The molecule has 0 bridgehead atoms. The molecular formula is C23H26FN7O3. The highest BCUT2D eigenvalue weighted by molar-refractivity contribution is 5.79. The number of nitrogens with zero attached hydrogens (tertiary/aromatic N) is 7. The van der Waals surface area contributed by atoms with Crippen molar-refractivity contribution in [2.75, 3.05) is 7.11 Å². The number of halogens is 1. The van der Waals surface area contributed by atoms with Crippen LogP contribution < -0.4 is 9.47 Å². The molecule has 1 saturated carbocycles. The smallest absolute Gasteiger partial charge is 0.321 e. The second-order valence-corrected chi connectivity index (χ2v) is 8.80. The zero-order valence-electron chi connectivity index (χ0n) is 19.5. The monoisotopic (exact) mass is 467 g/mol. The van der Waals surface area contributed by atoms with Crippen LogP contribution in [0.4, 0.5) is 4.39 Å². The molecule has 0 atom stereocenters. The van der Waals surface area contributed by atoms with Gasteiger partial charge in [0.1, 0.15) is 18.2 Å². The molecule has 4 aromatic rings. The summed E-state index contributed by atoms with van der Waals surface area (Å²) < 4.78 is 33.0. The Bertz CT molecular complexity index is 1310. The van der Waals surface area contributed by atoms with Gasteiger partial charge in [-0.3, -0.25) is 0 Å². The average Bonchev–Trinajstić information content (AvgIpc) is 3.45. The van der Waals surface area contributed by atoms with Gasteiger partial charge in [-0.1, -0.05) is 19.0 Å². The van der Waals surface area contributed by atoms with E-state index in [0.717, 1.165) is 31.5 Å². The maximum absolute atomic E-state index is 14.8. The van der Waals surface area contributed by atoms with Crippen molar-refractivity contribution in [1.29, 1.82) is 0 Å². The highest BCUT2D eigenvalue weighted by Crippen LogP contribution is 2.35. The third-order valence-electron chi connectivity index (χ3n) is 6.14. The lowest BCUT2D eigenvalue weighted by Gasteiger charge is -2.26. The second kappa shape index (κ2) is 8.96. The van der Waals surface area contributed by atoms with Crippen molar-refractivity contribution in [1.82, 2.24) is 34.7 Å². The van der Waals surface area contributed by atoms with Gasteiger partial charge in [0.2, 0.25) is 11.8 Å². The molecule has 0 aromatic carbocycles. The van der Waals surface area contributed by atoms with Gasteiger partial charge in [-0.05, 0) is 32.6 Å². The van der Waals surface area contributed by atoms with Crippen LogP contribution in [0, 0.1) is 12.7 Å². The van der Waals surface area contributed by atoms with Crippen LogP contribution in [0.1, 0.15) is 68.8 Å². The van der Waals surface area contributed by atoms with Crippen molar-refractivity contribution in [3.8, 4) is 23.0 Å². The van der Waals surface area contributed by atoms with Crippen LogP contribution in [0.2, 0.25) is 0 Å². The number of fused-ring (bicyclic) bond motifs is 1. The summed E-state index contributed by atoms with van der Waals surface area (Å²) in [5.74, 6) is 1.65. The van der Waals surface area contributed by atoms with Crippen LogP contribution in [0.15, 0.2) is 23.1 Å². The van der Waals surface area contributed by atoms with Crippen LogP contribution in [-0.2, 0) is 0 Å². The van der Waals surface area contributed by atoms with E-state index in [4.69, 9.17) is 14.0 Å². The molecule has 1 aliphatic carbocycles. The fourth-order valence-electron chi connectivity index (χ4n) is 4.28. The maximum Gasteiger partial charge on any atom is 0.321 e. The number of ether oxygens (including phenoxy) is 2. The van der Waals surface area contributed by atoms with Crippen molar-refractivity contribution in [2.24, 2.45) is 0 Å². The van der Waals surface area contributed by atoms with Crippen LogP contribution in [0.3, 0.4) is 0 Å². The van der Waals surface area contributed by atoms with E-state index in [0.29, 0.717) is 34.4 Å². The van der Waals surface area contributed by atoms with Crippen molar-refractivity contribution >= 4 is 5.65 Å². The van der Waals surface area contributed by atoms with E-state index in [1.165, 1.54) is 30.2 Å². The molecular weight excluding hydrogens is 441 g/mol. The van der Waals surface area contributed by atoms with E-state index >= 15 is 0 Å². The quantitative estimate of drug-likeness (QED) is 0.410. The first-order chi connectivity index (χ1) is 16.4. The van der Waals surface area contributed by atoms with Crippen LogP contribution in [0.25, 0.3) is 16.8 Å². The van der Waals surface area contributed by atoms with Crippen molar-refractivity contribution in [3.63, 3.8) is 0 Å². The molecule has 1 aliphatic rings. The third kappa shape index (κ3) is 4.06. The van der Waals surface area contributed by atoms with Crippen molar-refractivity contribution in [2.45, 2.75) is 64.4 Å². The second-order valence-electron chi connectivity index (χ2n) is 8.80. The summed E-state index contributed by atoms with van der Waals surface area (Å²) in [6, 6.07) is 1.56. The fourth-order valence-corrected chi connectivity index (χ4v) is 4.28. The van der Waals surface area contributed by atoms with Crippen LogP contribution in [-0.4, -0.2) is 47.9 Å². The van der Waals surface area contributed by atoms with Gasteiger partial charge >= 0.3 is 6.01 Å². The Balaban J connectivity index is 1.35. The lowest BCUT2D eigenvalue weighted by atomic mass is 9.87. The first kappa shape index (κ1) is 22.2. The summed E-state index contributed by atoms with van der Waals surface area (Å²) in [5.41, 5.74) is 1.88. The maximum atomic E-state index is 14.8. The predicted molar refractivity (Wildman–Crippen MR) is 119 cm³/mol. The lowest BCUT2D eigenvalue weighted by molar-refractivity contribution is 0.124. The SMILES string of the molecule is COc1cc(F)c(-c2c(C)nn3c(OC4CCC(c5nc(C(C)C)no5)CC4)ncnc23)cn1. The molecule has 4 aromatic heterocycles. The molecule has 5 rings (SSSR count). The summed E-state index contributed by atoms with van der Waals surface area (Å²) in [6.07, 6.45) is 6.19. The van der Waals surface area contributed by atoms with Crippen molar-refractivity contribution < 1.29 is 18.4 Å². The first-order valence-electron chi connectivity index (χ1n) is 11.3. The third-order valence-corrected chi connectivity index (χ3v) is 6.14. The Hall–Kier alpha value is -3.63. The largest absolute Gasteiger partial charge is 0.481 e. The zero-order chi connectivity index (χ0) is 23.8. The highest BCUT2D eigenvalue weighted by atomic mass is 19.1.